The van der Waals surface area contributed by atoms with E-state index in [0.717, 1.165) is 17.5 Å². The van der Waals surface area contributed by atoms with Crippen LogP contribution >= 0.6 is 11.6 Å². The Morgan fingerprint density at radius 2 is 2.04 bits per heavy atom. The largest absolute Gasteiger partial charge is 0.465 e. The first-order chi connectivity index (χ1) is 12.9. The summed E-state index contributed by atoms with van der Waals surface area (Å²) in [4.78, 5) is 36.8. The van der Waals surface area contributed by atoms with Gasteiger partial charge in [-0.1, -0.05) is 30.7 Å². The van der Waals surface area contributed by atoms with Crippen LogP contribution < -0.4 is 5.32 Å². The third-order valence-electron chi connectivity index (χ3n) is 4.39. The van der Waals surface area contributed by atoms with Crippen LogP contribution in [-0.2, 0) is 27.1 Å². The highest BCUT2D eigenvalue weighted by Crippen LogP contribution is 2.25. The van der Waals surface area contributed by atoms with Crippen molar-refractivity contribution < 1.29 is 23.9 Å². The van der Waals surface area contributed by atoms with Crippen LogP contribution in [0.2, 0.25) is 5.02 Å². The number of hydrogen-bond acceptors (Lipinski definition) is 5. The number of fused-ring (bicyclic) bond motifs is 1. The van der Waals surface area contributed by atoms with Gasteiger partial charge in [-0.3, -0.25) is 4.79 Å². The third kappa shape index (κ3) is 3.95. The minimum absolute atomic E-state index is 0.158. The molecule has 1 N–H and O–H groups in total. The molecule has 1 amide bonds. The van der Waals surface area contributed by atoms with Gasteiger partial charge in [0, 0.05) is 11.4 Å². The molecule has 0 spiro atoms. The number of nitrogens with one attached hydrogen (secondary N) is 1. The molecule has 140 valence electrons. The van der Waals surface area contributed by atoms with Gasteiger partial charge in [0.15, 0.2) is 6.10 Å². The molecule has 0 saturated heterocycles. The molecule has 1 atom stereocenters. The van der Waals surface area contributed by atoms with Crippen LogP contribution in [0.25, 0.3) is 0 Å². The van der Waals surface area contributed by atoms with Crippen LogP contribution in [0.15, 0.2) is 36.4 Å². The Labute approximate surface area is 161 Å². The van der Waals surface area contributed by atoms with E-state index in [1.165, 1.54) is 25.3 Å². The Morgan fingerprint density at radius 3 is 2.74 bits per heavy atom. The zero-order chi connectivity index (χ0) is 19.6. The fourth-order valence-electron chi connectivity index (χ4n) is 2.94. The van der Waals surface area contributed by atoms with Crippen LogP contribution in [0.4, 0.5) is 5.69 Å². The van der Waals surface area contributed by atoms with Crippen molar-refractivity contribution >= 4 is 35.1 Å². The number of carbonyl (C=O) groups excluding carboxylic acids is 3. The number of amides is 1. The fraction of sp³-hybridized carbons (Fsp3) is 0.250. The second-order valence-electron chi connectivity index (χ2n) is 6.11. The maximum Gasteiger partial charge on any atom is 0.339 e. The second-order valence-corrected chi connectivity index (χ2v) is 6.55. The first-order valence-electron chi connectivity index (χ1n) is 8.44. The van der Waals surface area contributed by atoms with Crippen molar-refractivity contribution in [2.24, 2.45) is 0 Å². The van der Waals surface area contributed by atoms with Crippen molar-refractivity contribution in [3.05, 3.63) is 63.7 Å². The van der Waals surface area contributed by atoms with Crippen LogP contribution in [0, 0.1) is 0 Å². The van der Waals surface area contributed by atoms with E-state index in [4.69, 9.17) is 21.1 Å². The Kier molecular flexibility index (Phi) is 5.46. The molecule has 6 nitrogen and oxygen atoms in total. The first kappa shape index (κ1) is 18.9. The SMILES string of the molecule is CCc1ccc2c(c1)CC(C(=O)Nc1cc(Cl)ccc1C(=O)OC)OC2=O. The fourth-order valence-corrected chi connectivity index (χ4v) is 3.11. The number of methoxy groups -OCH3 is 1. The van der Waals surface area contributed by atoms with Gasteiger partial charge in [0.05, 0.1) is 23.9 Å². The molecule has 27 heavy (non-hydrogen) atoms. The summed E-state index contributed by atoms with van der Waals surface area (Å²) in [6, 6.07) is 9.92. The number of aryl methyl sites for hydroxylation is 1. The molecule has 1 heterocycles. The second kappa shape index (κ2) is 7.80. The Balaban J connectivity index is 1.84. The summed E-state index contributed by atoms with van der Waals surface area (Å²) < 4.78 is 9.99. The summed E-state index contributed by atoms with van der Waals surface area (Å²) in [6.07, 6.45) is 0.0839. The molecular formula is C20H18ClNO5. The summed E-state index contributed by atoms with van der Waals surface area (Å²) >= 11 is 5.97. The van der Waals surface area contributed by atoms with E-state index in [-0.39, 0.29) is 17.7 Å². The highest BCUT2D eigenvalue weighted by molar-refractivity contribution is 6.31. The summed E-state index contributed by atoms with van der Waals surface area (Å²) in [7, 11) is 1.24. The van der Waals surface area contributed by atoms with Crippen molar-refractivity contribution in [2.45, 2.75) is 25.9 Å². The van der Waals surface area contributed by atoms with Crippen LogP contribution in [0.5, 0.6) is 0 Å². The molecule has 0 radical (unpaired) electrons. The first-order valence-corrected chi connectivity index (χ1v) is 8.82. The van der Waals surface area contributed by atoms with Gasteiger partial charge in [0.2, 0.25) is 0 Å². The number of halogens is 1. The van der Waals surface area contributed by atoms with Crippen LogP contribution in [0.3, 0.4) is 0 Å². The van der Waals surface area contributed by atoms with Gasteiger partial charge in [-0.25, -0.2) is 9.59 Å². The van der Waals surface area contributed by atoms with Crippen molar-refractivity contribution in [2.75, 3.05) is 12.4 Å². The quantitative estimate of drug-likeness (QED) is 0.813. The van der Waals surface area contributed by atoms with Crippen LogP contribution in [0.1, 0.15) is 38.8 Å². The standard InChI is InChI=1S/C20H18ClNO5/c1-3-11-4-6-14-12(8-11)9-17(27-20(14)25)18(23)22-16-10-13(21)5-7-15(16)19(24)26-2/h4-8,10,17H,3,9H2,1-2H3,(H,22,23). The lowest BCUT2D eigenvalue weighted by atomic mass is 9.95. The molecule has 0 aliphatic carbocycles. The number of anilines is 1. The predicted octanol–water partition coefficient (Wildman–Crippen LogP) is 3.41. The highest BCUT2D eigenvalue weighted by atomic mass is 35.5. The van der Waals surface area contributed by atoms with E-state index in [1.54, 1.807) is 6.07 Å². The monoisotopic (exact) mass is 387 g/mol. The molecule has 2 aromatic rings. The summed E-state index contributed by atoms with van der Waals surface area (Å²) in [5, 5.41) is 2.96. The van der Waals surface area contributed by atoms with Crippen molar-refractivity contribution in [1.29, 1.82) is 0 Å². The van der Waals surface area contributed by atoms with Crippen LogP contribution in [-0.4, -0.2) is 31.1 Å². The third-order valence-corrected chi connectivity index (χ3v) is 4.62. The molecule has 0 saturated carbocycles. The van der Waals surface area contributed by atoms with Gasteiger partial charge in [-0.15, -0.1) is 0 Å². The average molecular weight is 388 g/mol. The van der Waals surface area contributed by atoms with Crippen molar-refractivity contribution in [3.63, 3.8) is 0 Å². The van der Waals surface area contributed by atoms with E-state index >= 15 is 0 Å². The summed E-state index contributed by atoms with van der Waals surface area (Å²) in [5.41, 5.74) is 2.67. The summed E-state index contributed by atoms with van der Waals surface area (Å²) in [6.45, 7) is 2.01. The van der Waals surface area contributed by atoms with Gasteiger partial charge in [0.25, 0.3) is 5.91 Å². The Morgan fingerprint density at radius 1 is 1.26 bits per heavy atom. The van der Waals surface area contributed by atoms with Gasteiger partial charge in [-0.05, 0) is 41.8 Å². The Bertz CT molecular complexity index is 925. The van der Waals surface area contributed by atoms with Gasteiger partial charge >= 0.3 is 11.9 Å². The number of carbonyl (C=O) groups is 3. The molecule has 0 aromatic heterocycles. The molecule has 3 rings (SSSR count). The topological polar surface area (TPSA) is 81.7 Å². The number of ether oxygens (including phenoxy) is 2. The van der Waals surface area contributed by atoms with Crippen molar-refractivity contribution in [3.8, 4) is 0 Å². The normalized spacial score (nSPS) is 15.5. The molecular weight excluding hydrogens is 370 g/mol. The number of rotatable bonds is 4. The minimum Gasteiger partial charge on any atom is -0.465 e. The zero-order valence-electron chi connectivity index (χ0n) is 14.9. The maximum atomic E-state index is 12.7. The van der Waals surface area contributed by atoms with Gasteiger partial charge < -0.3 is 14.8 Å². The van der Waals surface area contributed by atoms with E-state index in [2.05, 4.69) is 5.32 Å². The number of cyclic esters (lactones) is 1. The van der Waals surface area contributed by atoms with Crippen molar-refractivity contribution in [1.82, 2.24) is 0 Å². The molecule has 1 aliphatic heterocycles. The molecule has 1 aliphatic rings. The van der Waals surface area contributed by atoms with E-state index in [0.29, 0.717) is 10.6 Å². The molecule has 1 unspecified atom stereocenters. The molecule has 0 bridgehead atoms. The maximum absolute atomic E-state index is 12.7. The van der Waals surface area contributed by atoms with Gasteiger partial charge in [-0.2, -0.15) is 0 Å². The lowest BCUT2D eigenvalue weighted by Gasteiger charge is -2.24. The Hall–Kier alpha value is -2.86. The number of esters is 2. The molecule has 2 aromatic carbocycles. The lowest BCUT2D eigenvalue weighted by Crippen LogP contribution is -2.38. The summed E-state index contributed by atoms with van der Waals surface area (Å²) in [5.74, 6) is -1.69. The minimum atomic E-state index is -0.999. The number of benzene rings is 2. The van der Waals surface area contributed by atoms with E-state index in [1.807, 2.05) is 19.1 Å². The predicted molar refractivity (Wildman–Crippen MR) is 100 cm³/mol. The lowest BCUT2D eigenvalue weighted by molar-refractivity contribution is -0.125. The highest BCUT2D eigenvalue weighted by Gasteiger charge is 2.32. The van der Waals surface area contributed by atoms with E-state index in [9.17, 15) is 14.4 Å². The smallest absolute Gasteiger partial charge is 0.339 e. The number of hydrogen-bond donors (Lipinski definition) is 1. The zero-order valence-corrected chi connectivity index (χ0v) is 15.6. The van der Waals surface area contributed by atoms with Gasteiger partial charge in [0.1, 0.15) is 0 Å². The molecule has 0 fully saturated rings. The van der Waals surface area contributed by atoms with E-state index < -0.39 is 23.9 Å². The average Bonchev–Trinajstić information content (AvgIpc) is 2.66. The molecule has 7 heteroatoms.